The number of benzene rings is 1. The molecule has 2 bridgehead atoms. The molecule has 4 atom stereocenters. The summed E-state index contributed by atoms with van der Waals surface area (Å²) in [6, 6.07) is 6.21. The number of carbonyl (C=O) groups excluding carboxylic acids is 1. The van der Waals surface area contributed by atoms with Crippen LogP contribution in [0.5, 0.6) is 5.88 Å². The van der Waals surface area contributed by atoms with Gasteiger partial charge in [0.15, 0.2) is 5.82 Å². The van der Waals surface area contributed by atoms with Crippen molar-refractivity contribution in [3.8, 4) is 11.9 Å². The quantitative estimate of drug-likeness (QED) is 0.458. The van der Waals surface area contributed by atoms with E-state index in [2.05, 4.69) is 44.2 Å². The number of rotatable bonds is 7. The molecule has 3 unspecified atom stereocenters. The highest BCUT2D eigenvalue weighted by molar-refractivity contribution is 9.10. The van der Waals surface area contributed by atoms with Crippen LogP contribution in [0.2, 0.25) is 0 Å². The molecule has 1 amide bonds. The van der Waals surface area contributed by atoms with Gasteiger partial charge in [0.1, 0.15) is 17.7 Å². The summed E-state index contributed by atoms with van der Waals surface area (Å²) in [5.74, 6) is 0.186. The number of hydrogen-bond donors (Lipinski definition) is 1. The van der Waals surface area contributed by atoms with Crippen LogP contribution in [-0.2, 0) is 11.2 Å². The minimum atomic E-state index is -0.557. The Kier molecular flexibility index (Phi) is 7.44. The first kappa shape index (κ1) is 26.9. The molecule has 4 heterocycles. The lowest BCUT2D eigenvalue weighted by Gasteiger charge is -2.38. The Labute approximate surface area is 231 Å². The molecule has 0 spiro atoms. The lowest BCUT2D eigenvalue weighted by atomic mass is 9.80. The predicted molar refractivity (Wildman–Crippen MR) is 147 cm³/mol. The van der Waals surface area contributed by atoms with Crippen molar-refractivity contribution in [3.63, 3.8) is 0 Å². The van der Waals surface area contributed by atoms with Crippen molar-refractivity contribution < 1.29 is 18.7 Å². The van der Waals surface area contributed by atoms with Gasteiger partial charge in [0, 0.05) is 42.1 Å². The first-order chi connectivity index (χ1) is 18.1. The van der Waals surface area contributed by atoms with Crippen molar-refractivity contribution in [2.75, 3.05) is 32.1 Å². The summed E-state index contributed by atoms with van der Waals surface area (Å²) in [4.78, 5) is 21.4. The van der Waals surface area contributed by atoms with Crippen molar-refractivity contribution in [2.24, 2.45) is 5.92 Å². The second-order valence-electron chi connectivity index (χ2n) is 11.7. The maximum absolute atomic E-state index is 15.6. The molecule has 204 valence electrons. The summed E-state index contributed by atoms with van der Waals surface area (Å²) in [5.41, 5.74) is 1.10. The van der Waals surface area contributed by atoms with Crippen LogP contribution in [0.25, 0.3) is 10.9 Å². The number of likely N-dealkylation sites (N-methyl/N-ethyl adjacent to an activating group) is 1. The van der Waals surface area contributed by atoms with E-state index in [4.69, 9.17) is 14.7 Å². The Morgan fingerprint density at radius 2 is 2.16 bits per heavy atom. The predicted octanol–water partition coefficient (Wildman–Crippen LogP) is 5.49. The third-order valence-corrected chi connectivity index (χ3v) is 8.74. The number of nitrogens with zero attached hydrogens (tertiary/aromatic N) is 4. The molecule has 8 nitrogen and oxygen atoms in total. The maximum atomic E-state index is 15.6. The van der Waals surface area contributed by atoms with Crippen LogP contribution < -0.4 is 10.1 Å². The number of ether oxygens (including phenoxy) is 2. The van der Waals surface area contributed by atoms with Crippen LogP contribution in [-0.4, -0.2) is 71.3 Å². The molecule has 1 aromatic carbocycles. The Balaban J connectivity index is 1.45. The third-order valence-electron chi connectivity index (χ3n) is 7.89. The lowest BCUT2D eigenvalue weighted by Crippen LogP contribution is -2.50. The first-order valence-corrected chi connectivity index (χ1v) is 14.1. The minimum absolute atomic E-state index is 0.00734. The molecular weight excluding hydrogens is 553 g/mol. The topological polar surface area (TPSA) is 90.7 Å². The van der Waals surface area contributed by atoms with Gasteiger partial charge >= 0.3 is 6.09 Å². The van der Waals surface area contributed by atoms with Crippen molar-refractivity contribution in [3.05, 3.63) is 28.0 Å². The van der Waals surface area contributed by atoms with E-state index in [-0.39, 0.29) is 36.0 Å². The number of aryl methyl sites for hydroxylation is 1. The molecule has 3 aliphatic heterocycles. The number of halogens is 2. The average molecular weight is 589 g/mol. The van der Waals surface area contributed by atoms with Gasteiger partial charge in [-0.25, -0.2) is 14.2 Å². The zero-order valence-electron chi connectivity index (χ0n) is 22.4. The molecular formula is C28H35BrFN5O3. The summed E-state index contributed by atoms with van der Waals surface area (Å²) in [6.07, 6.45) is 3.51. The molecule has 6 rings (SSSR count). The van der Waals surface area contributed by atoms with Crippen molar-refractivity contribution in [2.45, 2.75) is 76.6 Å². The normalized spacial score (nSPS) is 24.8. The lowest BCUT2D eigenvalue weighted by molar-refractivity contribution is 0.0239. The molecule has 1 N–H and O–H groups in total. The van der Waals surface area contributed by atoms with Gasteiger partial charge in [-0.3, -0.25) is 0 Å². The Hall–Kier alpha value is -2.64. The highest BCUT2D eigenvalue weighted by Gasteiger charge is 2.54. The van der Waals surface area contributed by atoms with Gasteiger partial charge in [-0.1, -0.05) is 0 Å². The standard InChI is InChI=1S/C28H35BrFN5O3/c1-28(2,3)38-27(36)35-14-17-12-21(35)25(17)32-20-13-22(37-15-18-8-6-10-34(18)4)33-26-19(20)11-16(7-5-9-31)23(29)24(26)30/h11,13,17-18,21,25H,5-8,10,12,14-15H2,1-4H3,(H,32,33)/t17?,18-,21?,25?/m0/s1. The fraction of sp³-hybridized carbons (Fsp3) is 0.607. The summed E-state index contributed by atoms with van der Waals surface area (Å²) in [5, 5.41) is 13.3. The molecule has 1 aliphatic carbocycles. The number of likely N-dealkylation sites (tertiary alicyclic amines) is 1. The Bertz CT molecular complexity index is 1280. The summed E-state index contributed by atoms with van der Waals surface area (Å²) < 4.78 is 27.7. The van der Waals surface area contributed by atoms with E-state index in [1.807, 2.05) is 32.9 Å². The maximum Gasteiger partial charge on any atom is 0.410 e. The summed E-state index contributed by atoms with van der Waals surface area (Å²) >= 11 is 3.38. The Morgan fingerprint density at radius 1 is 1.37 bits per heavy atom. The van der Waals surface area contributed by atoms with E-state index >= 15 is 4.39 Å². The van der Waals surface area contributed by atoms with Gasteiger partial charge in [0.25, 0.3) is 0 Å². The molecule has 0 radical (unpaired) electrons. The molecule has 4 aliphatic rings. The van der Waals surface area contributed by atoms with Crippen LogP contribution in [0.1, 0.15) is 52.0 Å². The van der Waals surface area contributed by atoms with Crippen LogP contribution in [0.15, 0.2) is 16.6 Å². The van der Waals surface area contributed by atoms with E-state index in [9.17, 15) is 4.79 Å². The summed E-state index contributed by atoms with van der Waals surface area (Å²) in [7, 11) is 2.09. The molecule has 1 aromatic heterocycles. The van der Waals surface area contributed by atoms with Gasteiger partial charge < -0.3 is 24.6 Å². The van der Waals surface area contributed by atoms with Gasteiger partial charge in [-0.15, -0.1) is 0 Å². The number of anilines is 1. The van der Waals surface area contributed by atoms with Gasteiger partial charge in [0.2, 0.25) is 5.88 Å². The zero-order chi connectivity index (χ0) is 27.2. The molecule has 10 heteroatoms. The number of hydrogen-bond acceptors (Lipinski definition) is 7. The number of nitrogens with one attached hydrogen (secondary N) is 1. The fourth-order valence-electron chi connectivity index (χ4n) is 5.81. The van der Waals surface area contributed by atoms with Crippen molar-refractivity contribution in [1.29, 1.82) is 5.26 Å². The summed E-state index contributed by atoms with van der Waals surface area (Å²) in [6.45, 7) is 7.75. The number of nitriles is 1. The smallest absolute Gasteiger partial charge is 0.410 e. The van der Waals surface area contributed by atoms with Crippen molar-refractivity contribution in [1.82, 2.24) is 14.8 Å². The molecule has 4 fully saturated rings. The first-order valence-electron chi connectivity index (χ1n) is 13.3. The molecule has 2 aromatic rings. The second-order valence-corrected chi connectivity index (χ2v) is 12.5. The van der Waals surface area contributed by atoms with E-state index in [0.717, 1.165) is 37.1 Å². The number of amides is 1. The van der Waals surface area contributed by atoms with E-state index in [1.165, 1.54) is 0 Å². The largest absolute Gasteiger partial charge is 0.476 e. The van der Waals surface area contributed by atoms with E-state index in [1.54, 1.807) is 4.90 Å². The molecule has 38 heavy (non-hydrogen) atoms. The second kappa shape index (κ2) is 10.5. The zero-order valence-corrected chi connectivity index (χ0v) is 24.0. The van der Waals surface area contributed by atoms with Crippen LogP contribution in [0.3, 0.4) is 0 Å². The highest BCUT2D eigenvalue weighted by atomic mass is 79.9. The van der Waals surface area contributed by atoms with Crippen molar-refractivity contribution >= 4 is 38.6 Å². The SMILES string of the molecule is CN1CCC[C@H]1COc1cc(NC2C3CC2N(C(=O)OC(C)(C)C)C3)c2cc(CCC#N)c(Br)c(F)c2n1. The van der Waals surface area contributed by atoms with E-state index < -0.39 is 11.4 Å². The van der Waals surface area contributed by atoms with E-state index in [0.29, 0.717) is 41.4 Å². The van der Waals surface area contributed by atoms with Crippen LogP contribution >= 0.6 is 15.9 Å². The van der Waals surface area contributed by atoms with Gasteiger partial charge in [-0.05, 0) is 87.6 Å². The minimum Gasteiger partial charge on any atom is -0.476 e. The van der Waals surface area contributed by atoms with Crippen LogP contribution in [0, 0.1) is 23.1 Å². The molecule has 3 saturated heterocycles. The number of aromatic nitrogens is 1. The number of fused-ring (bicyclic) bond motifs is 2. The average Bonchev–Trinajstić information content (AvgIpc) is 3.57. The highest BCUT2D eigenvalue weighted by Crippen LogP contribution is 2.45. The number of pyridine rings is 1. The molecule has 1 saturated carbocycles. The fourth-order valence-corrected chi connectivity index (χ4v) is 6.31. The number of carbonyl (C=O) groups is 1. The van der Waals surface area contributed by atoms with Crippen LogP contribution in [0.4, 0.5) is 14.9 Å². The monoisotopic (exact) mass is 587 g/mol. The third kappa shape index (κ3) is 5.28. The Morgan fingerprint density at radius 3 is 2.84 bits per heavy atom. The van der Waals surface area contributed by atoms with Gasteiger partial charge in [0.05, 0.1) is 22.6 Å². The van der Waals surface area contributed by atoms with Gasteiger partial charge in [-0.2, -0.15) is 5.26 Å².